The van der Waals surface area contributed by atoms with Gasteiger partial charge >= 0.3 is 0 Å². The zero-order valence-electron chi connectivity index (χ0n) is 20.3. The first-order valence-electron chi connectivity index (χ1n) is 12.5. The van der Waals surface area contributed by atoms with E-state index in [4.69, 9.17) is 5.73 Å². The van der Waals surface area contributed by atoms with E-state index in [0.29, 0.717) is 22.7 Å². The lowest BCUT2D eigenvalue weighted by Gasteiger charge is -2.46. The van der Waals surface area contributed by atoms with Gasteiger partial charge in [0, 0.05) is 41.6 Å². The highest BCUT2D eigenvalue weighted by molar-refractivity contribution is 6.02. The molecule has 180 valence electrons. The van der Waals surface area contributed by atoms with Crippen molar-refractivity contribution >= 4 is 27.6 Å². The molecule has 0 unspecified atom stereocenters. The van der Waals surface area contributed by atoms with Crippen LogP contribution >= 0.6 is 0 Å². The van der Waals surface area contributed by atoms with E-state index in [-0.39, 0.29) is 5.56 Å². The standard InChI is InChI=1S/C29H28N6O/c1-33-12-10-29(17-33)14-22(15-29)35-16-24(25-26(30)31-18-32-27(25)35)20-8-7-19-9-11-34(28(36)23(19)13-20)21-5-3-2-4-6-21/h2-9,11,13,16,18,22H,10,12,14-15,17H2,1H3,(H2,30,31,32). The molecule has 2 aliphatic rings. The van der Waals surface area contributed by atoms with E-state index >= 15 is 0 Å². The summed E-state index contributed by atoms with van der Waals surface area (Å²) >= 11 is 0. The third kappa shape index (κ3) is 3.19. The monoisotopic (exact) mass is 476 g/mol. The van der Waals surface area contributed by atoms with E-state index in [1.165, 1.54) is 19.5 Å². The lowest BCUT2D eigenvalue weighted by molar-refractivity contribution is 0.0759. The SMILES string of the molecule is CN1CCC2(CC(n3cc(-c4ccc5ccn(-c6ccccc6)c(=O)c5c4)c4c(N)ncnc43)C2)C1. The number of hydrogen-bond donors (Lipinski definition) is 1. The van der Waals surface area contributed by atoms with Gasteiger partial charge in [0.25, 0.3) is 5.56 Å². The molecular weight excluding hydrogens is 448 g/mol. The smallest absolute Gasteiger partial charge is 0.262 e. The van der Waals surface area contributed by atoms with Crippen molar-refractivity contribution in [1.82, 2.24) is 24.0 Å². The molecule has 4 heterocycles. The number of hydrogen-bond acceptors (Lipinski definition) is 5. The molecule has 2 fully saturated rings. The lowest BCUT2D eigenvalue weighted by Crippen LogP contribution is -2.40. The van der Waals surface area contributed by atoms with Gasteiger partial charge < -0.3 is 15.2 Å². The molecule has 36 heavy (non-hydrogen) atoms. The molecule has 0 radical (unpaired) electrons. The minimum absolute atomic E-state index is 0.0419. The second-order valence-electron chi connectivity index (χ2n) is 10.6. The van der Waals surface area contributed by atoms with Crippen LogP contribution < -0.4 is 11.3 Å². The highest BCUT2D eigenvalue weighted by atomic mass is 16.1. The molecule has 1 saturated heterocycles. The molecule has 0 bridgehead atoms. The maximum atomic E-state index is 13.5. The van der Waals surface area contributed by atoms with Crippen LogP contribution in [0.2, 0.25) is 0 Å². The molecule has 2 N–H and O–H groups in total. The van der Waals surface area contributed by atoms with Gasteiger partial charge in [0.1, 0.15) is 17.8 Å². The number of para-hydroxylation sites is 1. The Labute approximate surface area is 208 Å². The van der Waals surface area contributed by atoms with Crippen LogP contribution in [0, 0.1) is 5.41 Å². The summed E-state index contributed by atoms with van der Waals surface area (Å²) in [6.45, 7) is 2.35. The van der Waals surface area contributed by atoms with Gasteiger partial charge in [-0.2, -0.15) is 0 Å². The summed E-state index contributed by atoms with van der Waals surface area (Å²) < 4.78 is 3.99. The van der Waals surface area contributed by atoms with Crippen molar-refractivity contribution in [2.24, 2.45) is 5.41 Å². The number of benzene rings is 2. The Morgan fingerprint density at radius 2 is 1.89 bits per heavy atom. The van der Waals surface area contributed by atoms with E-state index in [2.05, 4.69) is 38.7 Å². The van der Waals surface area contributed by atoms with Gasteiger partial charge in [-0.05, 0) is 73.5 Å². The molecule has 0 atom stereocenters. The molecule has 3 aromatic heterocycles. The van der Waals surface area contributed by atoms with E-state index in [9.17, 15) is 4.79 Å². The molecule has 1 spiro atoms. The molecule has 1 aliphatic carbocycles. The zero-order valence-corrected chi connectivity index (χ0v) is 20.3. The second kappa shape index (κ2) is 7.77. The number of nitrogens with two attached hydrogens (primary N) is 1. The summed E-state index contributed by atoms with van der Waals surface area (Å²) in [7, 11) is 2.21. The molecular formula is C29H28N6O. The van der Waals surface area contributed by atoms with Crippen LogP contribution in [0.3, 0.4) is 0 Å². The van der Waals surface area contributed by atoms with E-state index < -0.39 is 0 Å². The summed E-state index contributed by atoms with van der Waals surface area (Å²) in [6.07, 6.45) is 9.14. The summed E-state index contributed by atoms with van der Waals surface area (Å²) in [5, 5.41) is 2.45. The first-order valence-corrected chi connectivity index (χ1v) is 12.5. The van der Waals surface area contributed by atoms with Gasteiger partial charge in [-0.15, -0.1) is 0 Å². The summed E-state index contributed by atoms with van der Waals surface area (Å²) in [5.41, 5.74) is 10.4. The van der Waals surface area contributed by atoms with Gasteiger partial charge in [-0.3, -0.25) is 9.36 Å². The maximum Gasteiger partial charge on any atom is 0.262 e. The van der Waals surface area contributed by atoms with Crippen molar-refractivity contribution in [3.8, 4) is 16.8 Å². The van der Waals surface area contributed by atoms with Crippen molar-refractivity contribution in [2.75, 3.05) is 25.9 Å². The number of pyridine rings is 1. The van der Waals surface area contributed by atoms with Crippen LogP contribution in [0.5, 0.6) is 0 Å². The third-order valence-electron chi connectivity index (χ3n) is 8.25. The quantitative estimate of drug-likeness (QED) is 0.410. The fourth-order valence-electron chi connectivity index (χ4n) is 6.43. The summed E-state index contributed by atoms with van der Waals surface area (Å²) in [4.78, 5) is 24.9. The number of anilines is 1. The second-order valence-corrected chi connectivity index (χ2v) is 10.6. The van der Waals surface area contributed by atoms with E-state index in [0.717, 1.165) is 46.1 Å². The van der Waals surface area contributed by atoms with Crippen molar-refractivity contribution in [1.29, 1.82) is 0 Å². The average molecular weight is 477 g/mol. The number of fused-ring (bicyclic) bond motifs is 2. The van der Waals surface area contributed by atoms with Crippen LogP contribution in [0.25, 0.3) is 38.6 Å². The molecule has 1 saturated carbocycles. The van der Waals surface area contributed by atoms with Crippen LogP contribution in [0.1, 0.15) is 25.3 Å². The van der Waals surface area contributed by atoms with Crippen LogP contribution in [0.4, 0.5) is 5.82 Å². The minimum Gasteiger partial charge on any atom is -0.383 e. The van der Waals surface area contributed by atoms with Crippen molar-refractivity contribution in [3.63, 3.8) is 0 Å². The number of rotatable bonds is 3. The number of aromatic nitrogens is 4. The first kappa shape index (κ1) is 21.3. The molecule has 0 amide bonds. The highest BCUT2D eigenvalue weighted by Gasteiger charge is 2.48. The Morgan fingerprint density at radius 1 is 1.06 bits per heavy atom. The Hall–Kier alpha value is -3.97. The zero-order chi connectivity index (χ0) is 24.4. The first-order chi connectivity index (χ1) is 17.5. The molecule has 2 aromatic carbocycles. The molecule has 7 nitrogen and oxygen atoms in total. The summed E-state index contributed by atoms with van der Waals surface area (Å²) in [6, 6.07) is 18.2. The van der Waals surface area contributed by atoms with Crippen LogP contribution in [0.15, 0.2) is 78.1 Å². The van der Waals surface area contributed by atoms with Crippen molar-refractivity contribution in [3.05, 3.63) is 83.7 Å². The van der Waals surface area contributed by atoms with E-state index in [1.54, 1.807) is 10.9 Å². The Morgan fingerprint density at radius 3 is 2.67 bits per heavy atom. The average Bonchev–Trinajstić information content (AvgIpc) is 3.46. The summed E-state index contributed by atoms with van der Waals surface area (Å²) in [5.74, 6) is 0.471. The molecule has 5 aromatic rings. The predicted molar refractivity (Wildman–Crippen MR) is 143 cm³/mol. The Bertz CT molecular complexity index is 1680. The van der Waals surface area contributed by atoms with Gasteiger partial charge in [-0.25, -0.2) is 9.97 Å². The largest absolute Gasteiger partial charge is 0.383 e. The van der Waals surface area contributed by atoms with Gasteiger partial charge in [-0.1, -0.05) is 30.3 Å². The molecule has 7 heteroatoms. The third-order valence-corrected chi connectivity index (χ3v) is 8.25. The Kier molecular flexibility index (Phi) is 4.60. The Balaban J connectivity index is 1.35. The van der Waals surface area contributed by atoms with Gasteiger partial charge in [0.15, 0.2) is 0 Å². The number of nitrogen functional groups attached to an aromatic ring is 1. The van der Waals surface area contributed by atoms with E-state index in [1.807, 2.05) is 54.7 Å². The topological polar surface area (TPSA) is 82.0 Å². The van der Waals surface area contributed by atoms with Crippen molar-refractivity contribution in [2.45, 2.75) is 25.3 Å². The van der Waals surface area contributed by atoms with Crippen molar-refractivity contribution < 1.29 is 0 Å². The normalized spacial score (nSPS) is 22.0. The maximum absolute atomic E-state index is 13.5. The number of nitrogens with zero attached hydrogens (tertiary/aromatic N) is 5. The fraction of sp³-hybridized carbons (Fsp3) is 0.276. The van der Waals surface area contributed by atoms with Crippen LogP contribution in [-0.4, -0.2) is 44.1 Å². The lowest BCUT2D eigenvalue weighted by atomic mass is 9.65. The van der Waals surface area contributed by atoms with Gasteiger partial charge in [0.05, 0.1) is 5.39 Å². The highest BCUT2D eigenvalue weighted by Crippen LogP contribution is 2.55. The number of likely N-dealkylation sites (tertiary alicyclic amines) is 1. The van der Waals surface area contributed by atoms with Gasteiger partial charge in [0.2, 0.25) is 0 Å². The van der Waals surface area contributed by atoms with Crippen LogP contribution in [-0.2, 0) is 0 Å². The predicted octanol–water partition coefficient (Wildman–Crippen LogP) is 4.64. The minimum atomic E-state index is -0.0419. The molecule has 1 aliphatic heterocycles. The molecule has 7 rings (SSSR count). The fourth-order valence-corrected chi connectivity index (χ4v) is 6.43.